The lowest BCUT2D eigenvalue weighted by molar-refractivity contribution is 0.619. The van der Waals surface area contributed by atoms with Crippen LogP contribution in [-0.2, 0) is 12.0 Å². The van der Waals surface area contributed by atoms with Gasteiger partial charge in [0.15, 0.2) is 5.65 Å². The fourth-order valence-corrected chi connectivity index (χ4v) is 3.22. The molecule has 0 fully saturated rings. The van der Waals surface area contributed by atoms with Crippen LogP contribution in [0.25, 0.3) is 11.0 Å². The van der Waals surface area contributed by atoms with Crippen molar-refractivity contribution in [1.29, 1.82) is 5.26 Å². The van der Waals surface area contributed by atoms with Crippen LogP contribution in [-0.4, -0.2) is 19.7 Å². The van der Waals surface area contributed by atoms with Crippen LogP contribution in [0.2, 0.25) is 0 Å². The molecule has 2 aromatic heterocycles. The van der Waals surface area contributed by atoms with Gasteiger partial charge < -0.3 is 11.5 Å². The van der Waals surface area contributed by atoms with Crippen molar-refractivity contribution in [2.45, 2.75) is 18.4 Å². The molecule has 7 nitrogen and oxygen atoms in total. The van der Waals surface area contributed by atoms with Crippen molar-refractivity contribution in [3.05, 3.63) is 72.0 Å². The lowest BCUT2D eigenvalue weighted by Crippen LogP contribution is -2.33. The molecule has 4 N–H and O–H groups in total. The minimum Gasteiger partial charge on any atom is -0.400 e. The molecule has 0 spiro atoms. The Morgan fingerprint density at radius 2 is 2.00 bits per heavy atom. The maximum absolute atomic E-state index is 9.89. The molecule has 1 aliphatic rings. The van der Waals surface area contributed by atoms with Gasteiger partial charge in [-0.1, -0.05) is 24.3 Å². The number of rotatable bonds is 3. The van der Waals surface area contributed by atoms with Gasteiger partial charge in [0, 0.05) is 11.4 Å². The number of hydrogen-bond acceptors (Lipinski definition) is 6. The van der Waals surface area contributed by atoms with Crippen molar-refractivity contribution in [2.75, 3.05) is 5.73 Å². The van der Waals surface area contributed by atoms with Crippen molar-refractivity contribution >= 4 is 16.7 Å². The Morgan fingerprint density at radius 3 is 2.73 bits per heavy atom. The highest BCUT2D eigenvalue weighted by Gasteiger charge is 2.39. The van der Waals surface area contributed by atoms with Crippen LogP contribution in [0.3, 0.4) is 0 Å². The molecular weight excluding hydrogens is 326 g/mol. The second-order valence-corrected chi connectivity index (χ2v) is 6.27. The minimum atomic E-state index is -0.995. The summed E-state index contributed by atoms with van der Waals surface area (Å²) >= 11 is 0. The van der Waals surface area contributed by atoms with Gasteiger partial charge >= 0.3 is 0 Å². The highest BCUT2D eigenvalue weighted by atomic mass is 15.3. The van der Waals surface area contributed by atoms with Crippen LogP contribution in [0.1, 0.15) is 17.7 Å². The molecule has 0 amide bonds. The number of nitrogen functional groups attached to an aromatic ring is 1. The predicted molar refractivity (Wildman–Crippen MR) is 98.6 cm³/mol. The van der Waals surface area contributed by atoms with E-state index in [1.165, 1.54) is 6.33 Å². The van der Waals surface area contributed by atoms with E-state index >= 15 is 0 Å². The summed E-state index contributed by atoms with van der Waals surface area (Å²) in [5.74, 6) is 0. The summed E-state index contributed by atoms with van der Waals surface area (Å²) in [5, 5.41) is 15.1. The second kappa shape index (κ2) is 6.01. The summed E-state index contributed by atoms with van der Waals surface area (Å²) in [7, 11) is 0. The molecule has 1 atom stereocenters. The van der Waals surface area contributed by atoms with E-state index in [9.17, 15) is 5.26 Å². The summed E-state index contributed by atoms with van der Waals surface area (Å²) in [6, 6.07) is 9.97. The molecule has 1 aliphatic carbocycles. The van der Waals surface area contributed by atoms with Crippen molar-refractivity contribution in [3.8, 4) is 6.07 Å². The van der Waals surface area contributed by atoms with E-state index in [1.54, 1.807) is 17.0 Å². The van der Waals surface area contributed by atoms with Gasteiger partial charge in [0.2, 0.25) is 0 Å². The van der Waals surface area contributed by atoms with Crippen molar-refractivity contribution in [3.63, 3.8) is 0 Å². The molecule has 1 aromatic carbocycles. The normalized spacial score (nSPS) is 19.3. The van der Waals surface area contributed by atoms with E-state index in [1.807, 2.05) is 36.4 Å². The fraction of sp³-hybridized carbons (Fsp3) is 0.158. The molecule has 4 rings (SSSR count). The van der Waals surface area contributed by atoms with Crippen LogP contribution in [0.5, 0.6) is 0 Å². The number of aromatic nitrogens is 4. The SMILES string of the molecule is N#CC1(c2ncnc3c2cnn3Cc2ccc(N)cc2)CC=CC=C1N. The summed E-state index contributed by atoms with van der Waals surface area (Å²) in [5.41, 5.74) is 14.4. The Bertz CT molecular complexity index is 1070. The van der Waals surface area contributed by atoms with E-state index in [0.717, 1.165) is 10.9 Å². The van der Waals surface area contributed by atoms with Gasteiger partial charge in [-0.15, -0.1) is 0 Å². The Morgan fingerprint density at radius 1 is 1.19 bits per heavy atom. The van der Waals surface area contributed by atoms with E-state index in [4.69, 9.17) is 11.5 Å². The van der Waals surface area contributed by atoms with Gasteiger partial charge in [-0.25, -0.2) is 14.6 Å². The van der Waals surface area contributed by atoms with Crippen LogP contribution in [0, 0.1) is 11.3 Å². The zero-order valence-corrected chi connectivity index (χ0v) is 14.0. The monoisotopic (exact) mass is 343 g/mol. The molecule has 26 heavy (non-hydrogen) atoms. The molecule has 0 saturated heterocycles. The van der Waals surface area contributed by atoms with Crippen LogP contribution in [0.15, 0.2) is 60.7 Å². The van der Waals surface area contributed by atoms with E-state index in [0.29, 0.717) is 35.7 Å². The number of benzene rings is 1. The van der Waals surface area contributed by atoms with Gasteiger partial charge in [0.05, 0.1) is 29.9 Å². The number of fused-ring (bicyclic) bond motifs is 1. The number of hydrogen-bond donors (Lipinski definition) is 2. The topological polar surface area (TPSA) is 119 Å². The van der Waals surface area contributed by atoms with Crippen molar-refractivity contribution < 1.29 is 0 Å². The Kier molecular flexibility index (Phi) is 3.66. The minimum absolute atomic E-state index is 0.473. The average Bonchev–Trinajstić information content (AvgIpc) is 3.07. The predicted octanol–water partition coefficient (Wildman–Crippen LogP) is 2.02. The Hall–Kier alpha value is -3.66. The third-order valence-electron chi connectivity index (χ3n) is 4.67. The summed E-state index contributed by atoms with van der Waals surface area (Å²) < 4.78 is 1.79. The summed E-state index contributed by atoms with van der Waals surface area (Å²) in [4.78, 5) is 8.78. The zero-order chi connectivity index (χ0) is 18.1. The largest absolute Gasteiger partial charge is 0.400 e. The van der Waals surface area contributed by atoms with Crippen LogP contribution >= 0.6 is 0 Å². The van der Waals surface area contributed by atoms with Crippen molar-refractivity contribution in [1.82, 2.24) is 19.7 Å². The lowest BCUT2D eigenvalue weighted by Gasteiger charge is -2.27. The highest BCUT2D eigenvalue weighted by Crippen LogP contribution is 2.37. The highest BCUT2D eigenvalue weighted by molar-refractivity contribution is 5.80. The van der Waals surface area contributed by atoms with Gasteiger partial charge in [-0.05, 0) is 30.2 Å². The van der Waals surface area contributed by atoms with Gasteiger partial charge in [-0.3, -0.25) is 0 Å². The van der Waals surface area contributed by atoms with Gasteiger partial charge in [0.1, 0.15) is 11.7 Å². The molecule has 1 unspecified atom stereocenters. The smallest absolute Gasteiger partial charge is 0.161 e. The molecule has 0 radical (unpaired) electrons. The molecule has 128 valence electrons. The number of anilines is 1. The molecule has 0 aliphatic heterocycles. The van der Waals surface area contributed by atoms with Crippen LogP contribution < -0.4 is 11.5 Å². The zero-order valence-electron chi connectivity index (χ0n) is 14.0. The van der Waals surface area contributed by atoms with Crippen LogP contribution in [0.4, 0.5) is 5.69 Å². The molecule has 0 saturated carbocycles. The van der Waals surface area contributed by atoms with Gasteiger partial charge in [-0.2, -0.15) is 10.4 Å². The number of nitrogens with zero attached hydrogens (tertiary/aromatic N) is 5. The van der Waals surface area contributed by atoms with E-state index in [-0.39, 0.29) is 0 Å². The molecular formula is C19H17N7. The molecule has 0 bridgehead atoms. The van der Waals surface area contributed by atoms with Crippen molar-refractivity contribution in [2.24, 2.45) is 5.73 Å². The van der Waals surface area contributed by atoms with Gasteiger partial charge in [0.25, 0.3) is 0 Å². The Labute approximate surface area is 150 Å². The fourth-order valence-electron chi connectivity index (χ4n) is 3.22. The van der Waals surface area contributed by atoms with E-state index in [2.05, 4.69) is 21.1 Å². The number of nitriles is 1. The maximum atomic E-state index is 9.89. The number of nitrogens with two attached hydrogens (primary N) is 2. The quantitative estimate of drug-likeness (QED) is 0.702. The number of allylic oxidation sites excluding steroid dienone is 4. The molecule has 3 aromatic rings. The molecule has 2 heterocycles. The van der Waals surface area contributed by atoms with E-state index < -0.39 is 5.41 Å². The lowest BCUT2D eigenvalue weighted by atomic mass is 9.76. The first kappa shape index (κ1) is 15.8. The molecule has 7 heteroatoms. The first-order valence-electron chi connectivity index (χ1n) is 8.19. The third-order valence-corrected chi connectivity index (χ3v) is 4.67. The second-order valence-electron chi connectivity index (χ2n) is 6.27. The first-order valence-corrected chi connectivity index (χ1v) is 8.19. The third kappa shape index (κ3) is 2.40. The standard InChI is InChI=1S/C19H17N7/c20-11-19(8-2-1-3-16(19)22)17-15-9-25-26(18(15)24-12-23-17)10-13-4-6-14(21)7-5-13/h1-7,9,12H,8,10,21-22H2. The summed E-state index contributed by atoms with van der Waals surface area (Å²) in [6.45, 7) is 0.547. The Balaban J connectivity index is 1.81. The first-order chi connectivity index (χ1) is 12.6. The maximum Gasteiger partial charge on any atom is 0.161 e. The summed E-state index contributed by atoms with van der Waals surface area (Å²) in [6.07, 6.45) is 9.16. The average molecular weight is 343 g/mol.